The summed E-state index contributed by atoms with van der Waals surface area (Å²) in [5.74, 6) is 0.972. The van der Waals surface area contributed by atoms with Gasteiger partial charge in [-0.3, -0.25) is 0 Å². The summed E-state index contributed by atoms with van der Waals surface area (Å²) in [4.78, 5) is 1.18. The molecule has 18 heavy (non-hydrogen) atoms. The summed E-state index contributed by atoms with van der Waals surface area (Å²) in [6.45, 7) is 11.3. The number of rotatable bonds is 4. The predicted octanol–water partition coefficient (Wildman–Crippen LogP) is 4.21. The molecule has 0 aliphatic heterocycles. The molecule has 102 valence electrons. The molecule has 0 aromatic heterocycles. The summed E-state index contributed by atoms with van der Waals surface area (Å²) in [6, 6.07) is 0. The first-order valence-corrected chi connectivity index (χ1v) is 7.58. The highest BCUT2D eigenvalue weighted by atomic mass is 79.9. The molecule has 0 amide bonds. The second-order valence-corrected chi connectivity index (χ2v) is 7.63. The van der Waals surface area contributed by atoms with Crippen molar-refractivity contribution < 1.29 is 4.74 Å². The molecule has 0 fully saturated rings. The van der Waals surface area contributed by atoms with E-state index in [4.69, 9.17) is 10.5 Å². The van der Waals surface area contributed by atoms with E-state index in [1.807, 2.05) is 0 Å². The Morgan fingerprint density at radius 2 is 1.72 bits per heavy atom. The van der Waals surface area contributed by atoms with Crippen LogP contribution in [0.3, 0.4) is 0 Å². The summed E-state index contributed by atoms with van der Waals surface area (Å²) < 4.78 is 6.76. The molecule has 0 radical (unpaired) electrons. The highest BCUT2D eigenvalue weighted by Gasteiger charge is 2.24. The predicted molar refractivity (Wildman–Crippen MR) is 83.9 cm³/mol. The average Bonchev–Trinajstić information content (AvgIpc) is 2.33. The maximum absolute atomic E-state index is 5.83. The molecule has 0 saturated carbocycles. The van der Waals surface area contributed by atoms with Crippen LogP contribution in [-0.2, 0) is 0 Å². The van der Waals surface area contributed by atoms with Gasteiger partial charge >= 0.3 is 0 Å². The fraction of sp³-hybridized carbons (Fsp3) is 0.571. The number of benzene rings is 1. The van der Waals surface area contributed by atoms with Crippen LogP contribution >= 0.6 is 27.7 Å². The Morgan fingerprint density at radius 3 is 2.17 bits per heavy atom. The molecule has 2 N–H and O–H groups in total. The van der Waals surface area contributed by atoms with Crippen LogP contribution < -0.4 is 10.5 Å². The van der Waals surface area contributed by atoms with Gasteiger partial charge in [-0.1, -0.05) is 15.9 Å². The minimum absolute atomic E-state index is 0.000815. The molecule has 0 aliphatic carbocycles. The lowest BCUT2D eigenvalue weighted by molar-refractivity contribution is 0.400. The van der Waals surface area contributed by atoms with Gasteiger partial charge in [-0.25, -0.2) is 0 Å². The van der Waals surface area contributed by atoms with E-state index in [9.17, 15) is 0 Å². The molecular formula is C14H22BrNOS. The van der Waals surface area contributed by atoms with Crippen LogP contribution in [0.5, 0.6) is 5.75 Å². The standard InChI is InChI=1S/C14H22BrNOS/c1-8-9(2)12(17-6)13(10(3)11(8)15)18-14(4,5)7-16/h7,16H2,1-6H3. The molecule has 1 rings (SSSR count). The molecule has 0 heterocycles. The lowest BCUT2D eigenvalue weighted by Gasteiger charge is -2.26. The third-order valence-corrected chi connectivity index (χ3v) is 5.79. The second-order valence-electron chi connectivity index (χ2n) is 5.12. The second kappa shape index (κ2) is 5.85. The van der Waals surface area contributed by atoms with E-state index in [1.54, 1.807) is 18.9 Å². The Balaban J connectivity index is 3.43. The SMILES string of the molecule is COc1c(C)c(C)c(Br)c(C)c1SC(C)(C)CN. The Bertz CT molecular complexity index is 458. The van der Waals surface area contributed by atoms with Gasteiger partial charge < -0.3 is 10.5 Å². The van der Waals surface area contributed by atoms with Gasteiger partial charge in [-0.05, 0) is 51.3 Å². The molecule has 0 unspecified atom stereocenters. The maximum Gasteiger partial charge on any atom is 0.135 e. The van der Waals surface area contributed by atoms with Crippen LogP contribution in [0.25, 0.3) is 0 Å². The largest absolute Gasteiger partial charge is 0.495 e. The van der Waals surface area contributed by atoms with Crippen LogP contribution in [0.1, 0.15) is 30.5 Å². The summed E-state index contributed by atoms with van der Waals surface area (Å²) in [5.41, 5.74) is 9.47. The van der Waals surface area contributed by atoms with Crippen molar-refractivity contribution in [2.24, 2.45) is 5.73 Å². The van der Waals surface area contributed by atoms with Crippen molar-refractivity contribution in [2.75, 3.05) is 13.7 Å². The van der Waals surface area contributed by atoms with Crippen molar-refractivity contribution in [3.05, 3.63) is 21.2 Å². The smallest absolute Gasteiger partial charge is 0.135 e. The van der Waals surface area contributed by atoms with Gasteiger partial charge in [0.2, 0.25) is 0 Å². The van der Waals surface area contributed by atoms with E-state index in [1.165, 1.54) is 21.6 Å². The van der Waals surface area contributed by atoms with Crippen LogP contribution in [-0.4, -0.2) is 18.4 Å². The van der Waals surface area contributed by atoms with Crippen LogP contribution in [0.2, 0.25) is 0 Å². The summed E-state index contributed by atoms with van der Waals surface area (Å²) in [5, 5.41) is 0. The van der Waals surface area contributed by atoms with E-state index in [2.05, 4.69) is 50.5 Å². The van der Waals surface area contributed by atoms with Crippen molar-refractivity contribution in [2.45, 2.75) is 44.3 Å². The summed E-state index contributed by atoms with van der Waals surface area (Å²) in [7, 11) is 1.73. The average molecular weight is 332 g/mol. The number of nitrogens with two attached hydrogens (primary N) is 1. The molecule has 4 heteroatoms. The van der Waals surface area contributed by atoms with Crippen LogP contribution in [0.4, 0.5) is 0 Å². The van der Waals surface area contributed by atoms with Crippen LogP contribution in [0, 0.1) is 20.8 Å². The quantitative estimate of drug-likeness (QED) is 0.839. The van der Waals surface area contributed by atoms with Gasteiger partial charge in [-0.15, -0.1) is 11.8 Å². The fourth-order valence-corrected chi connectivity index (χ4v) is 3.59. The zero-order valence-electron chi connectivity index (χ0n) is 12.0. The van der Waals surface area contributed by atoms with Gasteiger partial charge in [-0.2, -0.15) is 0 Å². The Hall–Kier alpha value is -0.190. The number of methoxy groups -OCH3 is 1. The van der Waals surface area contributed by atoms with Gasteiger partial charge in [0.25, 0.3) is 0 Å². The Morgan fingerprint density at radius 1 is 1.17 bits per heavy atom. The van der Waals surface area contributed by atoms with Gasteiger partial charge in [0.15, 0.2) is 0 Å². The zero-order valence-corrected chi connectivity index (χ0v) is 14.4. The van der Waals surface area contributed by atoms with E-state index in [0.717, 1.165) is 10.2 Å². The highest BCUT2D eigenvalue weighted by Crippen LogP contribution is 2.45. The van der Waals surface area contributed by atoms with Crippen molar-refractivity contribution in [3.8, 4) is 5.75 Å². The normalized spacial score (nSPS) is 11.8. The lowest BCUT2D eigenvalue weighted by Crippen LogP contribution is -2.26. The zero-order chi connectivity index (χ0) is 14.1. The van der Waals surface area contributed by atoms with E-state index < -0.39 is 0 Å². The number of hydrogen-bond acceptors (Lipinski definition) is 3. The Labute approximate surface area is 123 Å². The fourth-order valence-electron chi connectivity index (χ4n) is 1.74. The molecule has 2 nitrogen and oxygen atoms in total. The van der Waals surface area contributed by atoms with Crippen molar-refractivity contribution in [1.29, 1.82) is 0 Å². The molecule has 0 spiro atoms. The monoisotopic (exact) mass is 331 g/mol. The number of ether oxygens (including phenoxy) is 1. The van der Waals surface area contributed by atoms with Gasteiger partial charge in [0.05, 0.1) is 12.0 Å². The van der Waals surface area contributed by atoms with Gasteiger partial charge in [0, 0.05) is 15.8 Å². The summed E-state index contributed by atoms with van der Waals surface area (Å²) >= 11 is 5.45. The van der Waals surface area contributed by atoms with E-state index in [-0.39, 0.29) is 4.75 Å². The molecule has 0 aliphatic rings. The first kappa shape index (κ1) is 15.9. The third kappa shape index (κ3) is 3.03. The van der Waals surface area contributed by atoms with E-state index in [0.29, 0.717) is 6.54 Å². The van der Waals surface area contributed by atoms with Crippen molar-refractivity contribution in [1.82, 2.24) is 0 Å². The number of halogens is 1. The van der Waals surface area contributed by atoms with Crippen molar-refractivity contribution in [3.63, 3.8) is 0 Å². The molecule has 0 atom stereocenters. The number of thioether (sulfide) groups is 1. The van der Waals surface area contributed by atoms with Gasteiger partial charge in [0.1, 0.15) is 5.75 Å². The minimum Gasteiger partial charge on any atom is -0.495 e. The van der Waals surface area contributed by atoms with E-state index >= 15 is 0 Å². The summed E-state index contributed by atoms with van der Waals surface area (Å²) in [6.07, 6.45) is 0. The molecule has 1 aromatic rings. The first-order valence-electron chi connectivity index (χ1n) is 5.97. The third-order valence-electron chi connectivity index (χ3n) is 3.18. The maximum atomic E-state index is 5.83. The topological polar surface area (TPSA) is 35.2 Å². The molecule has 1 aromatic carbocycles. The molecular weight excluding hydrogens is 310 g/mol. The lowest BCUT2D eigenvalue weighted by atomic mass is 10.1. The molecule has 0 saturated heterocycles. The van der Waals surface area contributed by atoms with Crippen molar-refractivity contribution >= 4 is 27.7 Å². The number of hydrogen-bond donors (Lipinski definition) is 1. The minimum atomic E-state index is -0.000815. The van der Waals surface area contributed by atoms with Crippen LogP contribution in [0.15, 0.2) is 9.37 Å². The Kier molecular flexibility index (Phi) is 5.15. The highest BCUT2D eigenvalue weighted by molar-refractivity contribution is 9.10. The first-order chi connectivity index (χ1) is 8.25. The molecule has 0 bridgehead atoms.